The number of barbiturate groups is 1. The van der Waals surface area contributed by atoms with Gasteiger partial charge in [0.25, 0.3) is 0 Å². The van der Waals surface area contributed by atoms with Gasteiger partial charge < -0.3 is 10.1 Å². The summed E-state index contributed by atoms with van der Waals surface area (Å²) in [5, 5.41) is 13.4. The summed E-state index contributed by atoms with van der Waals surface area (Å²) in [7, 11) is 0. The van der Waals surface area contributed by atoms with Crippen LogP contribution < -0.4 is 10.6 Å². The summed E-state index contributed by atoms with van der Waals surface area (Å²) in [6.45, 7) is 0. The molecule has 1 aromatic heterocycles. The molecule has 0 saturated carbocycles. The molecule has 4 amide bonds. The molecule has 1 aliphatic rings. The van der Waals surface area contributed by atoms with E-state index in [9.17, 15) is 24.3 Å². The van der Waals surface area contributed by atoms with Crippen LogP contribution in [-0.4, -0.2) is 38.9 Å². The molecule has 0 atom stereocenters. The van der Waals surface area contributed by atoms with Gasteiger partial charge in [0.1, 0.15) is 5.92 Å². The third-order valence-corrected chi connectivity index (χ3v) is 4.06. The van der Waals surface area contributed by atoms with Gasteiger partial charge in [0.2, 0.25) is 11.8 Å². The van der Waals surface area contributed by atoms with Gasteiger partial charge in [0.15, 0.2) is 5.16 Å². The number of para-hydroxylation sites is 2. The van der Waals surface area contributed by atoms with E-state index in [1.54, 1.807) is 24.3 Å². The number of fused-ring (bicyclic) bond motifs is 1. The second kappa shape index (κ2) is 6.16. The van der Waals surface area contributed by atoms with Gasteiger partial charge in [-0.2, -0.15) is 0 Å². The number of aromatic amines is 1. The smallest absolute Gasteiger partial charge is 0.342 e. The number of hydrogen-bond donors (Lipinski definition) is 4. The van der Waals surface area contributed by atoms with Crippen molar-refractivity contribution in [3.05, 3.63) is 35.2 Å². The van der Waals surface area contributed by atoms with E-state index in [0.29, 0.717) is 10.7 Å². The van der Waals surface area contributed by atoms with Crippen molar-refractivity contribution in [3.8, 4) is 0 Å². The number of thioether (sulfide) groups is 1. The second-order valence-corrected chi connectivity index (χ2v) is 5.81. The fourth-order valence-corrected chi connectivity index (χ4v) is 2.87. The summed E-state index contributed by atoms with van der Waals surface area (Å²) in [5.41, 5.74) is 1.38. The topological polar surface area (TPSA) is 141 Å². The lowest BCUT2D eigenvalue weighted by atomic mass is 10.1. The Morgan fingerprint density at radius 2 is 1.83 bits per heavy atom. The van der Waals surface area contributed by atoms with Crippen LogP contribution in [0.3, 0.4) is 0 Å². The van der Waals surface area contributed by atoms with E-state index in [4.69, 9.17) is 0 Å². The van der Waals surface area contributed by atoms with E-state index in [2.05, 4.69) is 9.97 Å². The number of carbonyl (C=O) groups is 4. The number of urea groups is 1. The standard InChI is InChI=1S/C14H10N4O5S/c19-10-6(11(20)18-13(23)17-10)5-9(12(21)22)24-14-15-7-3-1-2-4-8(7)16-14/h1-6H,(H,15,16)(H,21,22)(H2,17,18,19,20,23)/b9-5+. The Labute approximate surface area is 138 Å². The predicted octanol–water partition coefficient (Wildman–Crippen LogP) is 0.606. The summed E-state index contributed by atoms with van der Waals surface area (Å²) in [4.78, 5) is 52.7. The van der Waals surface area contributed by atoms with Gasteiger partial charge in [-0.15, -0.1) is 0 Å². The van der Waals surface area contributed by atoms with E-state index in [-0.39, 0.29) is 4.91 Å². The lowest BCUT2D eigenvalue weighted by Crippen LogP contribution is -2.55. The summed E-state index contributed by atoms with van der Waals surface area (Å²) in [5.74, 6) is -4.50. The molecule has 1 fully saturated rings. The molecule has 2 heterocycles. The molecule has 122 valence electrons. The van der Waals surface area contributed by atoms with Crippen LogP contribution in [0.5, 0.6) is 0 Å². The molecule has 4 N–H and O–H groups in total. The average Bonchev–Trinajstić information content (AvgIpc) is 2.91. The number of benzene rings is 1. The van der Waals surface area contributed by atoms with Crippen molar-refractivity contribution in [3.63, 3.8) is 0 Å². The minimum atomic E-state index is -1.41. The number of aromatic nitrogens is 2. The number of carboxylic acid groups (broad SMARTS) is 1. The third-order valence-electron chi connectivity index (χ3n) is 3.14. The van der Waals surface area contributed by atoms with Crippen molar-refractivity contribution in [1.29, 1.82) is 0 Å². The van der Waals surface area contributed by atoms with Gasteiger partial charge in [0, 0.05) is 0 Å². The van der Waals surface area contributed by atoms with Gasteiger partial charge in [-0.05, 0) is 30.0 Å². The summed E-state index contributed by atoms with van der Waals surface area (Å²) in [6.07, 6.45) is 0.983. The number of nitrogens with zero attached hydrogens (tertiary/aromatic N) is 1. The first-order valence-electron chi connectivity index (χ1n) is 6.67. The molecule has 1 aromatic carbocycles. The van der Waals surface area contributed by atoms with Gasteiger partial charge >= 0.3 is 12.0 Å². The molecule has 10 heteroatoms. The summed E-state index contributed by atoms with van der Waals surface area (Å²) >= 11 is 0.771. The van der Waals surface area contributed by atoms with Crippen LogP contribution in [0.1, 0.15) is 0 Å². The first-order chi connectivity index (χ1) is 11.4. The number of hydrogen-bond acceptors (Lipinski definition) is 6. The van der Waals surface area contributed by atoms with Crippen LogP contribution in [0.25, 0.3) is 11.0 Å². The first kappa shape index (κ1) is 15.7. The molecule has 1 aliphatic heterocycles. The van der Waals surface area contributed by atoms with Gasteiger partial charge in [0.05, 0.1) is 15.9 Å². The highest BCUT2D eigenvalue weighted by Crippen LogP contribution is 2.28. The number of amides is 4. The number of nitrogens with one attached hydrogen (secondary N) is 3. The van der Waals surface area contributed by atoms with Crippen LogP contribution in [0.15, 0.2) is 40.4 Å². The monoisotopic (exact) mass is 346 g/mol. The number of imidazole rings is 1. The Balaban J connectivity index is 1.89. The largest absolute Gasteiger partial charge is 0.477 e. The molecule has 24 heavy (non-hydrogen) atoms. The summed E-state index contributed by atoms with van der Waals surface area (Å²) in [6, 6.07) is 6.20. The Morgan fingerprint density at radius 1 is 1.17 bits per heavy atom. The van der Waals surface area contributed by atoms with E-state index in [0.717, 1.165) is 23.4 Å². The van der Waals surface area contributed by atoms with Crippen LogP contribution in [0.4, 0.5) is 4.79 Å². The first-order valence-corrected chi connectivity index (χ1v) is 7.49. The Kier molecular flexibility index (Phi) is 4.04. The molecule has 0 unspecified atom stereocenters. The molecule has 2 aromatic rings. The zero-order valence-electron chi connectivity index (χ0n) is 11.9. The summed E-state index contributed by atoms with van der Waals surface area (Å²) < 4.78 is 0. The zero-order valence-corrected chi connectivity index (χ0v) is 12.7. The highest BCUT2D eigenvalue weighted by Gasteiger charge is 2.33. The highest BCUT2D eigenvalue weighted by atomic mass is 32.2. The number of H-pyrrole nitrogens is 1. The van der Waals surface area contributed by atoms with Crippen LogP contribution >= 0.6 is 11.8 Å². The van der Waals surface area contributed by atoms with Crippen molar-refractivity contribution >= 4 is 46.6 Å². The molecule has 3 rings (SSSR count). The van der Waals surface area contributed by atoms with Crippen LogP contribution in [0, 0.1) is 5.92 Å². The van der Waals surface area contributed by atoms with Crippen molar-refractivity contribution in [2.75, 3.05) is 0 Å². The molecule has 0 bridgehead atoms. The fourth-order valence-electron chi connectivity index (χ4n) is 2.06. The maximum atomic E-state index is 11.7. The van der Waals surface area contributed by atoms with Gasteiger partial charge in [-0.1, -0.05) is 12.1 Å². The van der Waals surface area contributed by atoms with Gasteiger partial charge in [-0.25, -0.2) is 14.6 Å². The van der Waals surface area contributed by atoms with Gasteiger partial charge in [-0.3, -0.25) is 20.2 Å². The molecular formula is C14H10N4O5S. The lowest BCUT2D eigenvalue weighted by molar-refractivity contribution is -0.133. The minimum absolute atomic E-state index is 0.265. The van der Waals surface area contributed by atoms with E-state index < -0.39 is 29.7 Å². The number of aliphatic carboxylic acids is 1. The number of rotatable bonds is 4. The Morgan fingerprint density at radius 3 is 2.46 bits per heavy atom. The molecule has 0 aliphatic carbocycles. The Bertz CT molecular complexity index is 850. The molecule has 0 spiro atoms. The highest BCUT2D eigenvalue weighted by molar-refractivity contribution is 8.03. The normalized spacial score (nSPS) is 16.2. The average molecular weight is 346 g/mol. The zero-order chi connectivity index (χ0) is 17.3. The van der Waals surface area contributed by atoms with Crippen LogP contribution in [0.2, 0.25) is 0 Å². The number of carboxylic acids is 1. The van der Waals surface area contributed by atoms with Crippen molar-refractivity contribution in [2.45, 2.75) is 5.16 Å². The lowest BCUT2D eigenvalue weighted by Gasteiger charge is -2.18. The SMILES string of the molecule is O=C1NC(=O)C(/C=C(/Sc2nc3ccccc3[nH]2)C(=O)O)C(=O)N1. The van der Waals surface area contributed by atoms with E-state index in [1.165, 1.54) is 0 Å². The third kappa shape index (κ3) is 3.13. The fraction of sp³-hybridized carbons (Fsp3) is 0.0714. The maximum Gasteiger partial charge on any atom is 0.342 e. The number of imide groups is 2. The minimum Gasteiger partial charge on any atom is -0.477 e. The van der Waals surface area contributed by atoms with Crippen LogP contribution in [-0.2, 0) is 14.4 Å². The Hall–Kier alpha value is -3.14. The molecule has 1 saturated heterocycles. The maximum absolute atomic E-state index is 11.7. The molecular weight excluding hydrogens is 336 g/mol. The predicted molar refractivity (Wildman–Crippen MR) is 82.8 cm³/mol. The molecule has 9 nitrogen and oxygen atoms in total. The van der Waals surface area contributed by atoms with E-state index in [1.807, 2.05) is 10.6 Å². The second-order valence-electron chi connectivity index (χ2n) is 4.78. The quantitative estimate of drug-likeness (QED) is 0.361. The number of carbonyl (C=O) groups excluding carboxylic acids is 3. The molecule has 0 radical (unpaired) electrons. The van der Waals surface area contributed by atoms with Crippen molar-refractivity contribution < 1.29 is 24.3 Å². The van der Waals surface area contributed by atoms with E-state index >= 15 is 0 Å². The van der Waals surface area contributed by atoms with Crippen molar-refractivity contribution in [2.24, 2.45) is 5.92 Å². The van der Waals surface area contributed by atoms with Crippen molar-refractivity contribution in [1.82, 2.24) is 20.6 Å².